The lowest BCUT2D eigenvalue weighted by Gasteiger charge is -2.32. The first-order valence-corrected chi connectivity index (χ1v) is 13.5. The molecule has 3 aromatic heterocycles. The molecule has 4 aromatic rings. The van der Waals surface area contributed by atoms with E-state index in [0.29, 0.717) is 36.2 Å². The Hall–Kier alpha value is -4.06. The fourth-order valence-electron chi connectivity index (χ4n) is 4.52. The molecule has 1 fully saturated rings. The van der Waals surface area contributed by atoms with Crippen molar-refractivity contribution < 1.29 is 14.3 Å². The van der Waals surface area contributed by atoms with Crippen LogP contribution in [-0.2, 0) is 4.74 Å². The smallest absolute Gasteiger partial charge is 0.270 e. The second kappa shape index (κ2) is 12.9. The minimum Gasteiger partial charge on any atom is -0.492 e. The van der Waals surface area contributed by atoms with Crippen LogP contribution < -0.4 is 10.1 Å². The average Bonchev–Trinajstić information content (AvgIpc) is 3.40. The van der Waals surface area contributed by atoms with Gasteiger partial charge in [0.1, 0.15) is 18.1 Å². The van der Waals surface area contributed by atoms with Crippen LogP contribution in [0.15, 0.2) is 54.9 Å². The summed E-state index contributed by atoms with van der Waals surface area (Å²) in [4.78, 5) is 36.1. The molecule has 0 saturated carbocycles. The number of nitrogens with zero attached hydrogens (tertiary/aromatic N) is 6. The lowest BCUT2D eigenvalue weighted by molar-refractivity contribution is 0.0659. The van der Waals surface area contributed by atoms with Crippen molar-refractivity contribution in [2.75, 3.05) is 79.0 Å². The van der Waals surface area contributed by atoms with E-state index in [1.165, 1.54) is 0 Å². The van der Waals surface area contributed by atoms with Crippen molar-refractivity contribution in [2.24, 2.45) is 0 Å². The molecule has 40 heavy (non-hydrogen) atoms. The summed E-state index contributed by atoms with van der Waals surface area (Å²) in [6, 6.07) is 13.3. The molecule has 0 spiro atoms. The highest BCUT2D eigenvalue weighted by Gasteiger charge is 2.21. The number of piperazine rings is 1. The van der Waals surface area contributed by atoms with Gasteiger partial charge in [-0.25, -0.2) is 9.97 Å². The van der Waals surface area contributed by atoms with Crippen LogP contribution in [-0.4, -0.2) is 114 Å². The van der Waals surface area contributed by atoms with Gasteiger partial charge in [-0.05, 0) is 50.5 Å². The quantitative estimate of drug-likeness (QED) is 0.294. The lowest BCUT2D eigenvalue weighted by atomic mass is 10.2. The third-order valence-electron chi connectivity index (χ3n) is 6.97. The summed E-state index contributed by atoms with van der Waals surface area (Å²) in [5.74, 6) is 1.22. The number of carbonyl (C=O) groups is 1. The Bertz CT molecular complexity index is 1430. The Morgan fingerprint density at radius 3 is 2.62 bits per heavy atom. The number of hydrogen-bond acceptors (Lipinski definition) is 9. The van der Waals surface area contributed by atoms with Gasteiger partial charge in [0.05, 0.1) is 18.0 Å². The molecule has 2 N–H and O–H groups in total. The highest BCUT2D eigenvalue weighted by molar-refractivity contribution is 5.98. The van der Waals surface area contributed by atoms with E-state index in [2.05, 4.69) is 42.1 Å². The summed E-state index contributed by atoms with van der Waals surface area (Å²) >= 11 is 0. The van der Waals surface area contributed by atoms with Crippen molar-refractivity contribution in [3.05, 3.63) is 60.6 Å². The average molecular weight is 545 g/mol. The van der Waals surface area contributed by atoms with E-state index in [9.17, 15) is 4.79 Å². The number of rotatable bonds is 11. The number of nitrogens with one attached hydrogen (secondary N) is 2. The first-order valence-electron chi connectivity index (χ1n) is 13.5. The van der Waals surface area contributed by atoms with E-state index in [0.717, 1.165) is 61.6 Å². The molecule has 0 radical (unpaired) electrons. The van der Waals surface area contributed by atoms with Gasteiger partial charge < -0.3 is 34.5 Å². The third-order valence-corrected chi connectivity index (χ3v) is 6.97. The van der Waals surface area contributed by atoms with Gasteiger partial charge in [0.2, 0.25) is 5.95 Å². The number of H-pyrrole nitrogens is 1. The van der Waals surface area contributed by atoms with Gasteiger partial charge in [0.25, 0.3) is 5.91 Å². The molecule has 0 atom stereocenters. The molecule has 5 rings (SSSR count). The van der Waals surface area contributed by atoms with Crippen LogP contribution in [0.25, 0.3) is 22.3 Å². The number of methoxy groups -OCH3 is 1. The number of ether oxygens (including phenoxy) is 2. The first kappa shape index (κ1) is 27.5. The minimum absolute atomic E-state index is 0.0340. The first-order chi connectivity index (χ1) is 19.5. The van der Waals surface area contributed by atoms with Crippen LogP contribution in [0.4, 0.5) is 11.6 Å². The van der Waals surface area contributed by atoms with Crippen LogP contribution in [0.3, 0.4) is 0 Å². The highest BCUT2D eigenvalue weighted by atomic mass is 16.5. The van der Waals surface area contributed by atoms with Crippen molar-refractivity contribution in [1.82, 2.24) is 34.6 Å². The molecule has 210 valence electrons. The molecule has 11 heteroatoms. The maximum absolute atomic E-state index is 13.0. The number of likely N-dealkylation sites (N-methyl/N-ethyl adjacent to an activating group) is 2. The molecular weight excluding hydrogens is 508 g/mol. The lowest BCUT2D eigenvalue weighted by Crippen LogP contribution is -2.47. The predicted octanol–water partition coefficient (Wildman–Crippen LogP) is 3.11. The normalized spacial score (nSPS) is 14.2. The second-order valence-electron chi connectivity index (χ2n) is 9.99. The number of aromatic nitrogens is 4. The molecule has 11 nitrogen and oxygen atoms in total. The van der Waals surface area contributed by atoms with Gasteiger partial charge in [0.15, 0.2) is 0 Å². The van der Waals surface area contributed by atoms with Gasteiger partial charge in [0, 0.05) is 81.4 Å². The SMILES string of the molecule is COCCN(C)CCOc1ccnc(-c2ccnc(Nc3ccc4[nH]c(C(=O)N5CCN(C)CC5)cc4c3)n2)c1. The standard InChI is InChI=1S/C29H36N8O3/c1-35-10-12-37(13-11-35)28(38)27-19-21-18-22(4-5-24(21)33-27)32-29-31-9-7-25(34-29)26-20-23(6-8-30-26)40-17-15-36(2)14-16-39-3/h4-9,18-20,33H,10-17H2,1-3H3,(H,31,32,34). The van der Waals surface area contributed by atoms with E-state index >= 15 is 0 Å². The predicted molar refractivity (Wildman–Crippen MR) is 155 cm³/mol. The van der Waals surface area contributed by atoms with E-state index in [-0.39, 0.29) is 5.91 Å². The summed E-state index contributed by atoms with van der Waals surface area (Å²) in [5.41, 5.74) is 3.71. The second-order valence-corrected chi connectivity index (χ2v) is 9.99. The molecule has 1 aliphatic heterocycles. The van der Waals surface area contributed by atoms with Crippen molar-refractivity contribution in [3.8, 4) is 17.1 Å². The van der Waals surface area contributed by atoms with Crippen LogP contribution >= 0.6 is 0 Å². The zero-order valence-corrected chi connectivity index (χ0v) is 23.3. The van der Waals surface area contributed by atoms with Crippen LogP contribution in [0.5, 0.6) is 5.75 Å². The molecule has 0 unspecified atom stereocenters. The Morgan fingerprint density at radius 1 is 1.00 bits per heavy atom. The maximum atomic E-state index is 13.0. The monoisotopic (exact) mass is 544 g/mol. The zero-order chi connectivity index (χ0) is 27.9. The Labute approximate surface area is 234 Å². The van der Waals surface area contributed by atoms with E-state index < -0.39 is 0 Å². The minimum atomic E-state index is 0.0340. The molecule has 1 amide bonds. The molecule has 0 aliphatic carbocycles. The summed E-state index contributed by atoms with van der Waals surface area (Å²) in [5, 5.41) is 4.22. The third kappa shape index (κ3) is 6.92. The number of amides is 1. The molecule has 0 bridgehead atoms. The number of benzene rings is 1. The van der Waals surface area contributed by atoms with Gasteiger partial charge in [-0.15, -0.1) is 0 Å². The number of pyridine rings is 1. The van der Waals surface area contributed by atoms with Crippen molar-refractivity contribution in [3.63, 3.8) is 0 Å². The van der Waals surface area contributed by atoms with Crippen molar-refractivity contribution in [1.29, 1.82) is 0 Å². The Balaban J connectivity index is 1.24. The number of anilines is 2. The van der Waals surface area contributed by atoms with Crippen LogP contribution in [0, 0.1) is 0 Å². The largest absolute Gasteiger partial charge is 0.492 e. The van der Waals surface area contributed by atoms with Gasteiger partial charge in [-0.3, -0.25) is 9.78 Å². The molecule has 4 heterocycles. The van der Waals surface area contributed by atoms with Crippen LogP contribution in [0.1, 0.15) is 10.5 Å². The summed E-state index contributed by atoms with van der Waals surface area (Å²) in [7, 11) is 5.82. The summed E-state index contributed by atoms with van der Waals surface area (Å²) in [6.07, 6.45) is 3.42. The van der Waals surface area contributed by atoms with E-state index in [1.807, 2.05) is 54.4 Å². The van der Waals surface area contributed by atoms with E-state index in [1.54, 1.807) is 19.5 Å². The fraction of sp³-hybridized carbons (Fsp3) is 0.379. The number of aromatic amines is 1. The maximum Gasteiger partial charge on any atom is 0.270 e. The van der Waals surface area contributed by atoms with Gasteiger partial charge in [-0.2, -0.15) is 0 Å². The zero-order valence-electron chi connectivity index (χ0n) is 23.3. The molecule has 1 aliphatic rings. The van der Waals surface area contributed by atoms with Crippen molar-refractivity contribution in [2.45, 2.75) is 0 Å². The van der Waals surface area contributed by atoms with Crippen LogP contribution in [0.2, 0.25) is 0 Å². The topological polar surface area (TPSA) is 112 Å². The number of fused-ring (bicyclic) bond motifs is 1. The number of hydrogen-bond donors (Lipinski definition) is 2. The molecule has 1 aromatic carbocycles. The molecular formula is C29H36N8O3. The van der Waals surface area contributed by atoms with E-state index in [4.69, 9.17) is 9.47 Å². The highest BCUT2D eigenvalue weighted by Crippen LogP contribution is 2.25. The van der Waals surface area contributed by atoms with Gasteiger partial charge >= 0.3 is 0 Å². The Morgan fingerprint density at radius 2 is 1.80 bits per heavy atom. The fourth-order valence-corrected chi connectivity index (χ4v) is 4.52. The van der Waals surface area contributed by atoms with Crippen molar-refractivity contribution >= 4 is 28.4 Å². The summed E-state index contributed by atoms with van der Waals surface area (Å²) < 4.78 is 11.1. The van der Waals surface area contributed by atoms with Gasteiger partial charge in [-0.1, -0.05) is 0 Å². The summed E-state index contributed by atoms with van der Waals surface area (Å²) in [6.45, 7) is 6.15. The molecule has 1 saturated heterocycles. The Kier molecular flexibility index (Phi) is 8.84. The number of carbonyl (C=O) groups excluding carboxylic acids is 1.